The van der Waals surface area contributed by atoms with Gasteiger partial charge in [-0.3, -0.25) is 4.98 Å². The number of methoxy groups -OCH3 is 1. The second-order valence-electron chi connectivity index (χ2n) is 8.14. The number of ether oxygens (including phenoxy) is 1. The number of carbonyl (C=O) groups is 1. The van der Waals surface area contributed by atoms with Crippen LogP contribution >= 0.6 is 12.2 Å². The molecule has 2 atom stereocenters. The van der Waals surface area contributed by atoms with Gasteiger partial charge in [0.25, 0.3) is 0 Å². The van der Waals surface area contributed by atoms with Crippen molar-refractivity contribution in [1.29, 1.82) is 0 Å². The topological polar surface area (TPSA) is 59.4 Å². The molecule has 0 amide bonds. The zero-order chi connectivity index (χ0) is 23.7. The molecule has 1 N–H and O–H groups in total. The number of para-hydroxylation sites is 1. The molecule has 0 spiro atoms. The first-order valence-electron chi connectivity index (χ1n) is 11.0. The van der Waals surface area contributed by atoms with Crippen LogP contribution in [-0.2, 0) is 4.74 Å². The van der Waals surface area contributed by atoms with Crippen LogP contribution < -0.4 is 10.2 Å². The minimum atomic E-state index is -0.382. The number of pyridine rings is 1. The van der Waals surface area contributed by atoms with E-state index in [0.717, 1.165) is 22.8 Å². The predicted octanol–water partition coefficient (Wildman–Crippen LogP) is 5.14. The molecule has 0 unspecified atom stereocenters. The molecule has 4 aromatic rings. The standard InChI is InChI=1S/C27H24N4O2S/c1-18-12-14-19(15-13-18)31-25(24(29-27(31)34)21-9-5-6-16-28-21)23-11-7-17-30(23)22-10-4-3-8-20(22)26(32)33-2/h3-17,24-25H,1-2H3,(H,29,34)/t24-,25+/m0/s1. The lowest BCUT2D eigenvalue weighted by molar-refractivity contribution is 0.0600. The molecule has 7 heteroatoms. The Balaban J connectivity index is 1.69. The van der Waals surface area contributed by atoms with Crippen LogP contribution in [0.1, 0.15) is 39.4 Å². The van der Waals surface area contributed by atoms with Crippen molar-refractivity contribution in [2.45, 2.75) is 19.0 Å². The number of hydrogen-bond donors (Lipinski definition) is 1. The summed E-state index contributed by atoms with van der Waals surface area (Å²) in [5, 5.41) is 4.11. The number of thiocarbonyl (C=S) groups is 1. The summed E-state index contributed by atoms with van der Waals surface area (Å²) in [6, 6.07) is 25.3. The normalized spacial score (nSPS) is 17.5. The van der Waals surface area contributed by atoms with Gasteiger partial charge in [0, 0.05) is 23.8 Å². The van der Waals surface area contributed by atoms with Crippen LogP contribution in [0, 0.1) is 6.92 Å². The number of aryl methyl sites for hydroxylation is 1. The number of hydrogen-bond acceptors (Lipinski definition) is 4. The predicted molar refractivity (Wildman–Crippen MR) is 136 cm³/mol. The van der Waals surface area contributed by atoms with Crippen molar-refractivity contribution in [3.05, 3.63) is 114 Å². The Morgan fingerprint density at radius 3 is 2.50 bits per heavy atom. The number of nitrogens with one attached hydrogen (secondary N) is 1. The fourth-order valence-corrected chi connectivity index (χ4v) is 4.81. The summed E-state index contributed by atoms with van der Waals surface area (Å²) in [4.78, 5) is 19.3. The Kier molecular flexibility index (Phi) is 5.86. The van der Waals surface area contributed by atoms with Gasteiger partial charge in [-0.1, -0.05) is 35.9 Å². The number of carbonyl (C=O) groups excluding carboxylic acids is 1. The third-order valence-corrected chi connectivity index (χ3v) is 6.38. The van der Waals surface area contributed by atoms with Crippen molar-refractivity contribution in [2.24, 2.45) is 0 Å². The van der Waals surface area contributed by atoms with E-state index >= 15 is 0 Å². The van der Waals surface area contributed by atoms with Gasteiger partial charge in [-0.2, -0.15) is 0 Å². The molecule has 0 saturated carbocycles. The highest BCUT2D eigenvalue weighted by Gasteiger charge is 2.42. The quantitative estimate of drug-likeness (QED) is 0.323. The van der Waals surface area contributed by atoms with Crippen LogP contribution in [0.4, 0.5) is 5.69 Å². The molecule has 34 heavy (non-hydrogen) atoms. The highest BCUT2D eigenvalue weighted by molar-refractivity contribution is 7.80. The third-order valence-electron chi connectivity index (χ3n) is 6.06. The molecule has 0 aliphatic carbocycles. The van der Waals surface area contributed by atoms with Crippen molar-refractivity contribution >= 4 is 29.0 Å². The number of aromatic nitrogens is 2. The summed E-state index contributed by atoms with van der Waals surface area (Å²) in [5.74, 6) is -0.382. The summed E-state index contributed by atoms with van der Waals surface area (Å²) in [7, 11) is 1.39. The Hall–Kier alpha value is -3.97. The molecule has 1 fully saturated rings. The van der Waals surface area contributed by atoms with Crippen molar-refractivity contribution in [3.63, 3.8) is 0 Å². The van der Waals surface area contributed by atoms with Gasteiger partial charge in [0.2, 0.25) is 0 Å². The van der Waals surface area contributed by atoms with Crippen LogP contribution in [0.2, 0.25) is 0 Å². The molecular weight excluding hydrogens is 444 g/mol. The van der Waals surface area contributed by atoms with E-state index in [2.05, 4.69) is 52.5 Å². The first-order chi connectivity index (χ1) is 16.6. The summed E-state index contributed by atoms with van der Waals surface area (Å²) in [5.41, 5.74) is 5.26. The average Bonchev–Trinajstić information content (AvgIpc) is 3.49. The van der Waals surface area contributed by atoms with E-state index in [1.807, 2.05) is 53.2 Å². The highest BCUT2D eigenvalue weighted by atomic mass is 32.1. The lowest BCUT2D eigenvalue weighted by Crippen LogP contribution is -2.30. The molecule has 5 rings (SSSR count). The largest absolute Gasteiger partial charge is 0.465 e. The van der Waals surface area contributed by atoms with E-state index in [9.17, 15) is 4.79 Å². The van der Waals surface area contributed by atoms with Crippen molar-refractivity contribution in [3.8, 4) is 5.69 Å². The van der Waals surface area contributed by atoms with E-state index < -0.39 is 0 Å². The molecule has 2 aromatic heterocycles. The first-order valence-corrected chi connectivity index (χ1v) is 11.4. The maximum absolute atomic E-state index is 12.5. The van der Waals surface area contributed by atoms with Crippen molar-refractivity contribution < 1.29 is 9.53 Å². The summed E-state index contributed by atoms with van der Waals surface area (Å²) >= 11 is 5.83. The van der Waals surface area contributed by atoms with E-state index in [1.54, 1.807) is 12.3 Å². The molecule has 6 nitrogen and oxygen atoms in total. The molecule has 1 saturated heterocycles. The van der Waals surface area contributed by atoms with Gasteiger partial charge in [0.1, 0.15) is 6.04 Å². The second kappa shape index (κ2) is 9.11. The van der Waals surface area contributed by atoms with Gasteiger partial charge in [-0.05, 0) is 67.7 Å². The fraction of sp³-hybridized carbons (Fsp3) is 0.148. The van der Waals surface area contributed by atoms with Crippen molar-refractivity contribution in [1.82, 2.24) is 14.9 Å². The molecule has 170 valence electrons. The Labute approximate surface area is 203 Å². The number of nitrogens with zero attached hydrogens (tertiary/aromatic N) is 3. The molecule has 1 aliphatic heterocycles. The minimum Gasteiger partial charge on any atom is -0.465 e. The second-order valence-corrected chi connectivity index (χ2v) is 8.53. The van der Waals surface area contributed by atoms with Crippen LogP contribution in [0.15, 0.2) is 91.3 Å². The van der Waals surface area contributed by atoms with Crippen LogP contribution in [0.5, 0.6) is 0 Å². The van der Waals surface area contributed by atoms with Crippen LogP contribution in [-0.4, -0.2) is 27.7 Å². The maximum atomic E-state index is 12.5. The van der Waals surface area contributed by atoms with Gasteiger partial charge < -0.3 is 19.5 Å². The van der Waals surface area contributed by atoms with Gasteiger partial charge in [0.15, 0.2) is 5.11 Å². The van der Waals surface area contributed by atoms with Crippen molar-refractivity contribution in [2.75, 3.05) is 12.0 Å². The molecule has 0 bridgehead atoms. The molecule has 2 aromatic carbocycles. The Bertz CT molecular complexity index is 1330. The highest BCUT2D eigenvalue weighted by Crippen LogP contribution is 2.42. The number of rotatable bonds is 5. The minimum absolute atomic E-state index is 0.186. The molecule has 0 radical (unpaired) electrons. The van der Waals surface area contributed by atoms with Gasteiger partial charge in [-0.25, -0.2) is 4.79 Å². The zero-order valence-corrected chi connectivity index (χ0v) is 19.7. The maximum Gasteiger partial charge on any atom is 0.339 e. The Morgan fingerprint density at radius 1 is 1.00 bits per heavy atom. The molecule has 3 heterocycles. The Morgan fingerprint density at radius 2 is 1.76 bits per heavy atom. The van der Waals surface area contributed by atoms with Crippen LogP contribution in [0.25, 0.3) is 5.69 Å². The lowest BCUT2D eigenvalue weighted by atomic mass is 10.00. The van der Waals surface area contributed by atoms with E-state index in [0.29, 0.717) is 10.7 Å². The van der Waals surface area contributed by atoms with Crippen LogP contribution in [0.3, 0.4) is 0 Å². The summed E-state index contributed by atoms with van der Waals surface area (Å²) in [6.07, 6.45) is 3.75. The SMILES string of the molecule is COC(=O)c1ccccc1-n1cccc1[C@@H]1[C@H](c2ccccn2)NC(=S)N1c1ccc(C)cc1. The number of esters is 1. The lowest BCUT2D eigenvalue weighted by Gasteiger charge is -2.29. The fourth-order valence-electron chi connectivity index (χ4n) is 4.46. The zero-order valence-electron chi connectivity index (χ0n) is 18.9. The van der Waals surface area contributed by atoms with E-state index in [-0.39, 0.29) is 18.1 Å². The van der Waals surface area contributed by atoms with E-state index in [1.165, 1.54) is 12.7 Å². The van der Waals surface area contributed by atoms with E-state index in [4.69, 9.17) is 17.0 Å². The third kappa shape index (κ3) is 3.84. The van der Waals surface area contributed by atoms with Gasteiger partial charge >= 0.3 is 5.97 Å². The molecular formula is C27H24N4O2S. The monoisotopic (exact) mass is 468 g/mol. The summed E-state index contributed by atoms with van der Waals surface area (Å²) < 4.78 is 7.08. The number of benzene rings is 2. The summed E-state index contributed by atoms with van der Waals surface area (Å²) in [6.45, 7) is 2.06. The average molecular weight is 469 g/mol. The molecule has 1 aliphatic rings. The first kappa shape index (κ1) is 21.9. The smallest absolute Gasteiger partial charge is 0.339 e. The number of anilines is 1. The van der Waals surface area contributed by atoms with Gasteiger partial charge in [-0.15, -0.1) is 0 Å². The van der Waals surface area contributed by atoms with Gasteiger partial charge in [0.05, 0.1) is 30.1 Å².